The van der Waals surface area contributed by atoms with Crippen molar-refractivity contribution in [1.82, 2.24) is 14.9 Å². The summed E-state index contributed by atoms with van der Waals surface area (Å²) in [5.74, 6) is 2.30. The molecule has 28 heavy (non-hydrogen) atoms. The van der Waals surface area contributed by atoms with Gasteiger partial charge in [-0.05, 0) is 57.5 Å². The molecule has 0 radical (unpaired) electrons. The van der Waals surface area contributed by atoms with Crippen molar-refractivity contribution in [3.63, 3.8) is 0 Å². The van der Waals surface area contributed by atoms with E-state index in [1.165, 1.54) is 12.8 Å². The van der Waals surface area contributed by atoms with E-state index in [-0.39, 0.29) is 0 Å². The predicted octanol–water partition coefficient (Wildman–Crippen LogP) is 5.17. The molecule has 0 amide bonds. The predicted molar refractivity (Wildman–Crippen MR) is 109 cm³/mol. The van der Waals surface area contributed by atoms with Gasteiger partial charge in [0.2, 0.25) is 5.89 Å². The van der Waals surface area contributed by atoms with Crippen LogP contribution >= 0.6 is 0 Å². The molecule has 1 fully saturated rings. The quantitative estimate of drug-likeness (QED) is 0.593. The van der Waals surface area contributed by atoms with Crippen LogP contribution in [0.15, 0.2) is 53.1 Å². The smallest absolute Gasteiger partial charge is 0.230 e. The van der Waals surface area contributed by atoms with Crippen LogP contribution in [0.4, 0.5) is 0 Å². The van der Waals surface area contributed by atoms with Crippen LogP contribution in [0.25, 0.3) is 11.5 Å². The summed E-state index contributed by atoms with van der Waals surface area (Å²) in [6.07, 6.45) is 5.46. The fourth-order valence-electron chi connectivity index (χ4n) is 3.90. The summed E-state index contributed by atoms with van der Waals surface area (Å²) < 4.78 is 11.8. The Balaban J connectivity index is 1.59. The third-order valence-corrected chi connectivity index (χ3v) is 5.31. The number of nitrogens with zero attached hydrogens (tertiary/aromatic N) is 3. The Hall–Kier alpha value is -2.66. The maximum atomic E-state index is 6.04. The normalized spacial score (nSPS) is 17.6. The fraction of sp³-hybridized carbons (Fsp3) is 0.391. The molecule has 0 spiro atoms. The first kappa shape index (κ1) is 18.7. The number of rotatable bonds is 6. The number of ether oxygens (including phenoxy) is 1. The summed E-state index contributed by atoms with van der Waals surface area (Å²) >= 11 is 0. The third-order valence-electron chi connectivity index (χ3n) is 5.31. The van der Waals surface area contributed by atoms with Crippen molar-refractivity contribution in [2.45, 2.75) is 45.7 Å². The lowest BCUT2D eigenvalue weighted by molar-refractivity contribution is 0.135. The summed E-state index contributed by atoms with van der Waals surface area (Å²) in [5.41, 5.74) is 3.04. The first-order valence-electron chi connectivity index (χ1n) is 10.1. The summed E-state index contributed by atoms with van der Waals surface area (Å²) in [7, 11) is 0. The molecule has 0 N–H and O–H groups in total. The van der Waals surface area contributed by atoms with Crippen LogP contribution < -0.4 is 4.74 Å². The second kappa shape index (κ2) is 8.57. The topological polar surface area (TPSA) is 51.4 Å². The maximum absolute atomic E-state index is 6.04. The average molecular weight is 377 g/mol. The van der Waals surface area contributed by atoms with Gasteiger partial charge in [-0.2, -0.15) is 0 Å². The first-order valence-corrected chi connectivity index (χ1v) is 10.1. The van der Waals surface area contributed by atoms with Crippen molar-refractivity contribution in [2.24, 2.45) is 0 Å². The molecule has 5 heteroatoms. The van der Waals surface area contributed by atoms with Gasteiger partial charge < -0.3 is 9.15 Å². The van der Waals surface area contributed by atoms with E-state index in [4.69, 9.17) is 14.1 Å². The third kappa shape index (κ3) is 3.94. The van der Waals surface area contributed by atoms with Gasteiger partial charge in [0.1, 0.15) is 11.5 Å². The molecule has 0 bridgehead atoms. The number of para-hydroxylation sites is 1. The first-order chi connectivity index (χ1) is 13.8. The van der Waals surface area contributed by atoms with Gasteiger partial charge in [0.25, 0.3) is 0 Å². The summed E-state index contributed by atoms with van der Waals surface area (Å²) in [6, 6.07) is 14.4. The Bertz CT molecular complexity index is 907. The molecule has 1 aliphatic rings. The minimum atomic E-state index is 0.338. The van der Waals surface area contributed by atoms with Crippen molar-refractivity contribution in [3.05, 3.63) is 65.8 Å². The van der Waals surface area contributed by atoms with Crippen LogP contribution in [0, 0.1) is 6.92 Å². The van der Waals surface area contributed by atoms with E-state index in [1.807, 2.05) is 50.4 Å². The SMILES string of the molecule is CCOc1ccccc1-c1nc(CN2CCCC[C@H]2c2ccccn2)c(C)o1. The van der Waals surface area contributed by atoms with Crippen molar-refractivity contribution in [2.75, 3.05) is 13.2 Å². The number of benzene rings is 1. The molecule has 0 aliphatic carbocycles. The van der Waals surface area contributed by atoms with Gasteiger partial charge in [-0.15, -0.1) is 0 Å². The molecule has 3 heterocycles. The van der Waals surface area contributed by atoms with Crippen LogP contribution in [0.5, 0.6) is 5.75 Å². The highest BCUT2D eigenvalue weighted by Gasteiger charge is 2.27. The van der Waals surface area contributed by atoms with Crippen LogP contribution in [0.1, 0.15) is 49.4 Å². The van der Waals surface area contributed by atoms with Crippen molar-refractivity contribution in [3.8, 4) is 17.2 Å². The van der Waals surface area contributed by atoms with E-state index in [2.05, 4.69) is 22.0 Å². The number of hydrogen-bond acceptors (Lipinski definition) is 5. The Morgan fingerprint density at radius 2 is 2.00 bits per heavy atom. The second-order valence-electron chi connectivity index (χ2n) is 7.19. The average Bonchev–Trinajstić information content (AvgIpc) is 3.10. The van der Waals surface area contributed by atoms with Gasteiger partial charge in [-0.1, -0.05) is 24.6 Å². The number of aryl methyl sites for hydroxylation is 1. The van der Waals surface area contributed by atoms with Crippen LogP contribution in [-0.4, -0.2) is 28.0 Å². The molecule has 5 nitrogen and oxygen atoms in total. The minimum Gasteiger partial charge on any atom is -0.493 e. The number of likely N-dealkylation sites (tertiary alicyclic amines) is 1. The number of aromatic nitrogens is 2. The molecule has 4 rings (SSSR count). The molecule has 2 aromatic heterocycles. The zero-order valence-corrected chi connectivity index (χ0v) is 16.6. The molecule has 3 aromatic rings. The lowest BCUT2D eigenvalue weighted by atomic mass is 9.98. The van der Waals surface area contributed by atoms with E-state index in [9.17, 15) is 0 Å². The maximum Gasteiger partial charge on any atom is 0.230 e. The zero-order valence-electron chi connectivity index (χ0n) is 16.6. The monoisotopic (exact) mass is 377 g/mol. The largest absolute Gasteiger partial charge is 0.493 e. The van der Waals surface area contributed by atoms with Gasteiger partial charge in [0.05, 0.1) is 29.6 Å². The molecule has 1 atom stereocenters. The Kier molecular flexibility index (Phi) is 5.72. The standard InChI is InChI=1S/C23H27N3O2/c1-3-27-22-13-5-4-10-18(22)23-25-20(17(2)28-23)16-26-15-9-7-12-21(26)19-11-6-8-14-24-19/h4-6,8,10-11,13-14,21H,3,7,9,12,15-16H2,1-2H3/t21-/m0/s1. The molecule has 0 saturated carbocycles. The highest BCUT2D eigenvalue weighted by Crippen LogP contribution is 2.34. The van der Waals surface area contributed by atoms with E-state index in [1.54, 1.807) is 0 Å². The van der Waals surface area contributed by atoms with E-state index < -0.39 is 0 Å². The van der Waals surface area contributed by atoms with Crippen LogP contribution in [0.2, 0.25) is 0 Å². The van der Waals surface area contributed by atoms with E-state index in [0.717, 1.165) is 48.0 Å². The minimum absolute atomic E-state index is 0.338. The zero-order chi connectivity index (χ0) is 19.3. The van der Waals surface area contributed by atoms with Crippen molar-refractivity contribution in [1.29, 1.82) is 0 Å². The molecule has 0 unspecified atom stereocenters. The summed E-state index contributed by atoms with van der Waals surface area (Å²) in [6.45, 7) is 6.42. The van der Waals surface area contributed by atoms with Gasteiger partial charge >= 0.3 is 0 Å². The number of pyridine rings is 1. The lowest BCUT2D eigenvalue weighted by Gasteiger charge is -2.34. The van der Waals surface area contributed by atoms with E-state index >= 15 is 0 Å². The lowest BCUT2D eigenvalue weighted by Crippen LogP contribution is -2.33. The highest BCUT2D eigenvalue weighted by molar-refractivity contribution is 5.63. The Labute approximate surface area is 166 Å². The molecular weight excluding hydrogens is 350 g/mol. The summed E-state index contributed by atoms with van der Waals surface area (Å²) in [4.78, 5) is 11.9. The number of hydrogen-bond donors (Lipinski definition) is 0. The number of piperidine rings is 1. The van der Waals surface area contributed by atoms with Gasteiger partial charge in [0.15, 0.2) is 0 Å². The van der Waals surface area contributed by atoms with Crippen molar-refractivity contribution < 1.29 is 9.15 Å². The van der Waals surface area contributed by atoms with E-state index in [0.29, 0.717) is 18.5 Å². The second-order valence-corrected chi connectivity index (χ2v) is 7.19. The molecular formula is C23H27N3O2. The summed E-state index contributed by atoms with van der Waals surface area (Å²) in [5, 5.41) is 0. The van der Waals surface area contributed by atoms with Crippen LogP contribution in [0.3, 0.4) is 0 Å². The Morgan fingerprint density at radius 3 is 2.82 bits per heavy atom. The molecule has 1 saturated heterocycles. The van der Waals surface area contributed by atoms with Gasteiger partial charge in [-0.25, -0.2) is 4.98 Å². The van der Waals surface area contributed by atoms with Gasteiger partial charge in [-0.3, -0.25) is 9.88 Å². The van der Waals surface area contributed by atoms with Crippen LogP contribution in [-0.2, 0) is 6.54 Å². The molecule has 1 aliphatic heterocycles. The fourth-order valence-corrected chi connectivity index (χ4v) is 3.90. The van der Waals surface area contributed by atoms with Crippen molar-refractivity contribution >= 4 is 0 Å². The molecule has 146 valence electrons. The number of oxazole rings is 1. The van der Waals surface area contributed by atoms with Gasteiger partial charge in [0, 0.05) is 12.7 Å². The highest BCUT2D eigenvalue weighted by atomic mass is 16.5. The molecule has 1 aromatic carbocycles. The Morgan fingerprint density at radius 1 is 1.14 bits per heavy atom.